The largest absolute Gasteiger partial charge is 0.403 e. The van der Waals surface area contributed by atoms with E-state index < -0.39 is 26.2 Å². The summed E-state index contributed by atoms with van der Waals surface area (Å²) in [6.45, 7) is 105. The lowest BCUT2D eigenvalue weighted by molar-refractivity contribution is 0.219. The molecule has 9 fully saturated rings. The third-order valence-electron chi connectivity index (χ3n) is 32.6. The normalized spacial score (nSPS) is 20.7. The van der Waals surface area contributed by atoms with Crippen LogP contribution in [0.2, 0.25) is 211 Å². The molecule has 0 aromatic heterocycles. The Balaban J connectivity index is 0.000000797. The minimum atomic E-state index is -2.29. The Labute approximate surface area is 907 Å². The predicted molar refractivity (Wildman–Crippen MR) is 687 cm³/mol. The highest BCUT2D eigenvalue weighted by Gasteiger charge is 2.57. The SMILES string of the molecule is CCB1N(C)B(CC)N(CC)B(SC)N1CC.CCB1N(CC)B(C)N(CC)B(CC)N1[SiH2]C.CCB1NB(C)NB(CC)N1[SiH2]C.CCB1NB(C)NB(CC)N1[Si](C)(OC)OC.CCCB1N(C)B(CCC)N(CCC)B(SC)N1CCC.CO[Si](C)(OC)N1B(C)N(C)B(C)N(C)B1C.CO[Si](C)(OC)N1B(C)NB(C)NB1C.C[SiH2]N1B(C)N(C)B(C)N(C)B1C.C[SiH2]N1B(C)NB(C)NB1C. The third-order valence-corrected chi connectivity index (χ3v) is 50.9. The van der Waals surface area contributed by atoms with Crippen molar-refractivity contribution in [1.29, 1.82) is 0 Å². The summed E-state index contributed by atoms with van der Waals surface area (Å²) in [5.41, 5.74) is 0. The lowest BCUT2D eigenvalue weighted by atomic mass is 9.44. The van der Waals surface area contributed by atoms with Crippen LogP contribution >= 0.6 is 23.2 Å². The van der Waals surface area contributed by atoms with Crippen LogP contribution in [0.3, 0.4) is 0 Å². The number of rotatable bonds is 35. The maximum Gasteiger partial charge on any atom is 0.403 e. The lowest BCUT2D eigenvalue weighted by Crippen LogP contribution is -2.81. The van der Waals surface area contributed by atoms with Gasteiger partial charge in [-0.05, 0) is 190 Å². The monoisotopic (exact) mass is 2110 g/mol. The summed E-state index contributed by atoms with van der Waals surface area (Å²) in [6, 6.07) is 0. The van der Waals surface area contributed by atoms with Gasteiger partial charge in [0, 0.05) is 42.7 Å². The molecule has 0 saturated carbocycles. The molecule has 0 aliphatic carbocycles. The smallest absolute Gasteiger partial charge is 0.387 e. The molecule has 9 saturated heterocycles. The van der Waals surface area contributed by atoms with Crippen LogP contribution in [0.4, 0.5) is 0 Å². The molecule has 0 bridgehead atoms. The molecule has 9 rings (SSSR count). The second-order valence-electron chi connectivity index (χ2n) is 40.5. The van der Waals surface area contributed by atoms with E-state index in [4.69, 9.17) is 26.6 Å². The van der Waals surface area contributed by atoms with E-state index in [1.54, 1.807) is 42.7 Å². The first-order chi connectivity index (χ1) is 66.6. The molecule has 69 heteroatoms. The fourth-order valence-corrected chi connectivity index (χ4v) is 39.2. The van der Waals surface area contributed by atoms with Crippen molar-refractivity contribution in [3.63, 3.8) is 0 Å². The number of hydrogen-bond donors (Lipinski definition) is 8. The van der Waals surface area contributed by atoms with Crippen molar-refractivity contribution in [2.75, 3.05) is 137 Å². The zero-order valence-corrected chi connectivity index (χ0v) is 112. The maximum atomic E-state index is 5.69. The summed E-state index contributed by atoms with van der Waals surface area (Å²) in [5, 5.41) is 28.0. The Hall–Kier alpha value is 2.65. The molecule has 141 heavy (non-hydrogen) atoms. The van der Waals surface area contributed by atoms with E-state index >= 15 is 0 Å². The average molecular weight is 2110 g/mol. The zero-order chi connectivity index (χ0) is 108. The highest BCUT2D eigenvalue weighted by molar-refractivity contribution is 8.25. The Morgan fingerprint density at radius 2 is 0.525 bits per heavy atom. The number of nitrogens with zero attached hydrogens (tertiary/aromatic N) is 19. The van der Waals surface area contributed by atoms with Gasteiger partial charge in [-0.2, -0.15) is 23.2 Å². The van der Waals surface area contributed by atoms with E-state index in [0.29, 0.717) is 173 Å². The molecule has 9 aliphatic heterocycles. The molecule has 0 aromatic carbocycles. The van der Waals surface area contributed by atoms with Gasteiger partial charge >= 0.3 is 38.7 Å². The first-order valence-electron chi connectivity index (χ1n) is 56.3. The van der Waals surface area contributed by atoms with Crippen LogP contribution in [0.15, 0.2) is 0 Å². The summed E-state index contributed by atoms with van der Waals surface area (Å²) in [4.78, 5) is 0. The summed E-state index contributed by atoms with van der Waals surface area (Å²) in [5.74, 6) is 0. The van der Waals surface area contributed by atoms with Gasteiger partial charge in [0.05, 0.1) is 38.7 Å². The first-order valence-corrected chi connectivity index (χ1v) is 73.8. The highest BCUT2D eigenvalue weighted by atomic mass is 32.2. The lowest BCUT2D eigenvalue weighted by Gasteiger charge is -2.53. The van der Waals surface area contributed by atoms with E-state index in [1.807, 2.05) is 23.2 Å². The van der Waals surface area contributed by atoms with Gasteiger partial charge in [0.15, 0.2) is 0 Å². The molecule has 9 heterocycles. The van der Waals surface area contributed by atoms with Crippen LogP contribution in [-0.2, 0) is 26.6 Å². The molecule has 0 amide bonds. The van der Waals surface area contributed by atoms with Crippen LogP contribution in [0.25, 0.3) is 0 Å². The molecule has 0 radical (unpaired) electrons. The van der Waals surface area contributed by atoms with Crippen molar-refractivity contribution < 1.29 is 26.6 Å². The van der Waals surface area contributed by atoms with Crippen LogP contribution in [0.1, 0.15) is 136 Å². The van der Waals surface area contributed by atoms with Gasteiger partial charge in [0.25, 0.3) is 175 Å². The van der Waals surface area contributed by atoms with Crippen molar-refractivity contribution in [3.8, 4) is 0 Å². The van der Waals surface area contributed by atoms with E-state index in [1.165, 1.54) is 89.3 Å². The standard InChI is InChI=1S/C14H34B3N3S.C10H26B3N3S.C10H28B3N3Si.2C8H24B3N3O2Si.C6H20B3N3O2Si.2C6H20B3N3Si.C4H16B3N3Si/c1-7-11-15-18(5)16(12-8-2)20(14-10-4)17(21-6)19(15)13-9-3;1-7-11-14(5)12(8-2)16(10-4)13(17-6)15(11)9-3;1-7-12-14(9-3)11(5)15(10-4)13(8-2)16(12)17-6;1-9-12(4)10(2)14(11(3)13(9)5)17(8,15-6)16-7;1-7-10-12-9(3)13-11(8-2)14(10)17(6,15-4)16-5;1-7-10-8(2)12(9(3)11-7)15(6,13-4)14-5;1-7-10(4)8(2)12(13-6)9(3)11(7)5;1-5-8-10-7(3)11-9(6-2)12(8)13-4;1-5-8-6(2)10(11-4)7(3)9-5/h7-14H2,1-6H3;7-10H2,1-6H3;7-10,17H2,1-6H3;1-8H3;12-13H,7-8H2,1-6H3;10-11H,1-6H3;13H2,1-6H3;10-11H,5-6,13H2,1-4H3;8-9H,11H2,1-4H3. The maximum absolute atomic E-state index is 5.69. The van der Waals surface area contributed by atoms with Crippen molar-refractivity contribution in [1.82, 2.24) is 128 Å². The van der Waals surface area contributed by atoms with Crippen LogP contribution < -0.4 is 41.1 Å². The van der Waals surface area contributed by atoms with Crippen molar-refractivity contribution >= 4 is 275 Å². The molecule has 792 valence electrons. The fraction of sp³-hybridized carbons (Fsp3) is 1.00. The first kappa shape index (κ1) is 142. The van der Waals surface area contributed by atoms with Gasteiger partial charge in [-0.1, -0.05) is 252 Å². The minimum absolute atomic E-state index is 0.0410. The van der Waals surface area contributed by atoms with Crippen molar-refractivity contribution in [2.45, 2.75) is 348 Å². The van der Waals surface area contributed by atoms with Gasteiger partial charge in [-0.15, -0.1) is 0 Å². The quantitative estimate of drug-likeness (QED) is 0.0365. The summed E-state index contributed by atoms with van der Waals surface area (Å²) in [7, 11) is 16.7. The summed E-state index contributed by atoms with van der Waals surface area (Å²) < 4.78 is 82.4. The summed E-state index contributed by atoms with van der Waals surface area (Å²) >= 11 is 4.00. The van der Waals surface area contributed by atoms with Gasteiger partial charge in [0.2, 0.25) is 0 Å². The second kappa shape index (κ2) is 72.5. The molecule has 0 spiro atoms. The predicted octanol–water partition coefficient (Wildman–Crippen LogP) is 5.57. The Kier molecular flexibility index (Phi) is 72.9. The Bertz CT molecular complexity index is 3010. The molecule has 0 unspecified atom stereocenters. The third kappa shape index (κ3) is 38.5. The second-order valence-corrected chi connectivity index (χ2v) is 57.1. The van der Waals surface area contributed by atoms with E-state index in [-0.39, 0.29) is 52.7 Å². The van der Waals surface area contributed by atoms with Crippen molar-refractivity contribution in [3.05, 3.63) is 0 Å². The number of nitrogens with one attached hydrogen (secondary N) is 8. The van der Waals surface area contributed by atoms with E-state index in [2.05, 4.69) is 442 Å². The topological polar surface area (TPSA) is 213 Å². The molecular weight excluding hydrogens is 1890 g/mol. The fourth-order valence-electron chi connectivity index (χ4n) is 24.1. The molecule has 0 atom stereocenters. The van der Waals surface area contributed by atoms with Gasteiger partial charge in [0.1, 0.15) is 0 Å². The van der Waals surface area contributed by atoms with Gasteiger partial charge < -0.3 is 155 Å². The van der Waals surface area contributed by atoms with Gasteiger partial charge in [-0.3, -0.25) is 0 Å². The Morgan fingerprint density at radius 3 is 0.794 bits per heavy atom. The van der Waals surface area contributed by atoms with E-state index in [9.17, 15) is 0 Å². The summed E-state index contributed by atoms with van der Waals surface area (Å²) in [6.07, 6.45) is 22.6. The van der Waals surface area contributed by atoms with Crippen LogP contribution in [0, 0.1) is 0 Å². The zero-order valence-electron chi connectivity index (χ0n) is 102. The molecule has 9 aliphatic rings. The highest BCUT2D eigenvalue weighted by Crippen LogP contribution is 2.32. The minimum Gasteiger partial charge on any atom is -0.387 e. The molecule has 0 aromatic rings. The molecule has 8 N–H and O–H groups in total. The van der Waals surface area contributed by atoms with Gasteiger partial charge in [-0.25, -0.2) is 0 Å². The van der Waals surface area contributed by atoms with Crippen LogP contribution in [-0.4, -0.2) is 476 Å². The molecular formula is C72H212B27N27O6S2Si7. The van der Waals surface area contributed by atoms with Crippen molar-refractivity contribution in [2.24, 2.45) is 0 Å². The Morgan fingerprint density at radius 1 is 0.255 bits per heavy atom. The number of hydrogen-bond acceptors (Lipinski definition) is 35. The van der Waals surface area contributed by atoms with Crippen LogP contribution in [0.5, 0.6) is 0 Å². The average Bonchev–Trinajstić information content (AvgIpc) is 0.762. The molecule has 33 nitrogen and oxygen atoms in total. The van der Waals surface area contributed by atoms with E-state index in [0.717, 1.165) is 38.8 Å².